The molecule has 0 saturated heterocycles. The number of imidazole rings is 1. The zero-order valence-electron chi connectivity index (χ0n) is 16.0. The zero-order chi connectivity index (χ0) is 22.1. The van der Waals surface area contributed by atoms with Crippen LogP contribution < -0.4 is 10.6 Å². The summed E-state index contributed by atoms with van der Waals surface area (Å²) < 4.78 is 28.4. The van der Waals surface area contributed by atoms with Crippen molar-refractivity contribution in [1.82, 2.24) is 25.1 Å². The molecule has 0 aliphatic heterocycles. The van der Waals surface area contributed by atoms with E-state index in [4.69, 9.17) is 11.6 Å². The minimum absolute atomic E-state index is 0.0189. The molecule has 4 aromatic rings. The topological polar surface area (TPSA) is 105 Å². The van der Waals surface area contributed by atoms with Crippen molar-refractivity contribution in [1.29, 1.82) is 0 Å². The van der Waals surface area contributed by atoms with Crippen LogP contribution in [0.1, 0.15) is 26.7 Å². The van der Waals surface area contributed by atoms with Gasteiger partial charge < -0.3 is 15.2 Å². The fraction of sp³-hybridized carbons (Fsp3) is 0.100. The highest BCUT2D eigenvalue weighted by Gasteiger charge is 2.18. The Labute approximate surface area is 179 Å². The number of para-hydroxylation sites is 2. The Morgan fingerprint density at radius 3 is 2.65 bits per heavy atom. The molecule has 0 aliphatic carbocycles. The summed E-state index contributed by atoms with van der Waals surface area (Å²) in [6, 6.07) is 10.3. The standard InChI is InChI=1S/C20H15ClF2N6O2/c1-29-16-5-3-2-4-14(16)25-18(29)9-24-20(31)15-8-17(28-27-15)26-19(30)10-6-12(22)13(23)7-11(10)21/h2-8H,9H2,1H3,(H,24,31)(H2,26,27,28,30). The molecule has 0 bridgehead atoms. The van der Waals surface area contributed by atoms with Gasteiger partial charge in [0.25, 0.3) is 11.8 Å². The number of rotatable bonds is 5. The highest BCUT2D eigenvalue weighted by atomic mass is 35.5. The first-order chi connectivity index (χ1) is 14.8. The van der Waals surface area contributed by atoms with E-state index in [0.29, 0.717) is 18.0 Å². The van der Waals surface area contributed by atoms with Gasteiger partial charge in [-0.1, -0.05) is 23.7 Å². The SMILES string of the molecule is Cn1c(CNC(=O)c2cc(NC(=O)c3cc(F)c(F)cc3Cl)[nH]n2)nc2ccccc21. The Morgan fingerprint density at radius 1 is 1.13 bits per heavy atom. The number of aromatic nitrogens is 4. The van der Waals surface area contributed by atoms with Crippen LogP contribution in [0.3, 0.4) is 0 Å². The number of halogens is 3. The number of amides is 2. The van der Waals surface area contributed by atoms with Gasteiger partial charge in [-0.15, -0.1) is 0 Å². The second-order valence-electron chi connectivity index (χ2n) is 6.63. The minimum Gasteiger partial charge on any atom is -0.343 e. The lowest BCUT2D eigenvalue weighted by Gasteiger charge is -2.05. The normalized spacial score (nSPS) is 11.0. The molecule has 2 heterocycles. The van der Waals surface area contributed by atoms with E-state index in [1.807, 2.05) is 35.9 Å². The quantitative estimate of drug-likeness (QED) is 0.410. The third-order valence-electron chi connectivity index (χ3n) is 4.60. The number of carbonyl (C=O) groups excluding carboxylic acids is 2. The van der Waals surface area contributed by atoms with Gasteiger partial charge in [0.15, 0.2) is 17.3 Å². The number of fused-ring (bicyclic) bond motifs is 1. The van der Waals surface area contributed by atoms with Crippen molar-refractivity contribution in [3.05, 3.63) is 76.2 Å². The number of hydrogen-bond acceptors (Lipinski definition) is 4. The average molecular weight is 445 g/mol. The Morgan fingerprint density at radius 2 is 1.87 bits per heavy atom. The van der Waals surface area contributed by atoms with Gasteiger partial charge in [0, 0.05) is 13.1 Å². The van der Waals surface area contributed by atoms with Crippen LogP contribution in [0.15, 0.2) is 42.5 Å². The lowest BCUT2D eigenvalue weighted by Crippen LogP contribution is -2.24. The van der Waals surface area contributed by atoms with Crippen LogP contribution in [0.4, 0.5) is 14.6 Å². The molecule has 11 heteroatoms. The molecule has 2 aromatic heterocycles. The van der Waals surface area contributed by atoms with E-state index in [0.717, 1.165) is 11.0 Å². The Bertz CT molecular complexity index is 1320. The van der Waals surface area contributed by atoms with Gasteiger partial charge in [-0.2, -0.15) is 5.10 Å². The summed E-state index contributed by atoms with van der Waals surface area (Å²) in [5, 5.41) is 11.2. The Kier molecular flexibility index (Phi) is 5.38. The first-order valence-corrected chi connectivity index (χ1v) is 9.41. The lowest BCUT2D eigenvalue weighted by molar-refractivity contribution is 0.0943. The van der Waals surface area contributed by atoms with Crippen LogP contribution in [-0.4, -0.2) is 31.6 Å². The maximum atomic E-state index is 13.4. The first kappa shape index (κ1) is 20.5. The van der Waals surface area contributed by atoms with Crippen molar-refractivity contribution in [3.63, 3.8) is 0 Å². The Balaban J connectivity index is 1.42. The van der Waals surface area contributed by atoms with Gasteiger partial charge in [-0.25, -0.2) is 13.8 Å². The number of nitrogens with one attached hydrogen (secondary N) is 3. The molecule has 31 heavy (non-hydrogen) atoms. The number of anilines is 1. The van der Waals surface area contributed by atoms with E-state index in [9.17, 15) is 18.4 Å². The van der Waals surface area contributed by atoms with E-state index in [-0.39, 0.29) is 28.6 Å². The minimum atomic E-state index is -1.21. The highest BCUT2D eigenvalue weighted by molar-refractivity contribution is 6.34. The number of H-pyrrole nitrogens is 1. The van der Waals surface area contributed by atoms with E-state index in [1.165, 1.54) is 6.07 Å². The first-order valence-electron chi connectivity index (χ1n) is 9.03. The number of aryl methyl sites for hydroxylation is 1. The molecule has 0 aliphatic rings. The second-order valence-corrected chi connectivity index (χ2v) is 7.03. The zero-order valence-corrected chi connectivity index (χ0v) is 16.8. The molecule has 0 unspecified atom stereocenters. The molecule has 2 aromatic carbocycles. The maximum Gasteiger partial charge on any atom is 0.272 e. The molecule has 158 valence electrons. The summed E-state index contributed by atoms with van der Waals surface area (Å²) in [7, 11) is 1.85. The van der Waals surface area contributed by atoms with Crippen molar-refractivity contribution in [2.75, 3.05) is 5.32 Å². The molecule has 8 nitrogen and oxygen atoms in total. The molecule has 3 N–H and O–H groups in total. The van der Waals surface area contributed by atoms with Crippen LogP contribution in [0.25, 0.3) is 11.0 Å². The van der Waals surface area contributed by atoms with Gasteiger partial charge >= 0.3 is 0 Å². The monoisotopic (exact) mass is 444 g/mol. The number of benzene rings is 2. The smallest absolute Gasteiger partial charge is 0.272 e. The Hall–Kier alpha value is -3.79. The van der Waals surface area contributed by atoms with Crippen molar-refractivity contribution < 1.29 is 18.4 Å². The summed E-state index contributed by atoms with van der Waals surface area (Å²) >= 11 is 5.79. The average Bonchev–Trinajstić information content (AvgIpc) is 3.34. The van der Waals surface area contributed by atoms with E-state index in [1.54, 1.807) is 0 Å². The van der Waals surface area contributed by atoms with Crippen molar-refractivity contribution >= 4 is 40.3 Å². The van der Waals surface area contributed by atoms with Crippen LogP contribution in [0, 0.1) is 11.6 Å². The summed E-state index contributed by atoms with van der Waals surface area (Å²) in [6.07, 6.45) is 0. The van der Waals surface area contributed by atoms with Crippen molar-refractivity contribution in [3.8, 4) is 0 Å². The summed E-state index contributed by atoms with van der Waals surface area (Å²) in [4.78, 5) is 29.1. The fourth-order valence-electron chi connectivity index (χ4n) is 2.99. The van der Waals surface area contributed by atoms with Gasteiger partial charge in [0.05, 0.1) is 28.2 Å². The van der Waals surface area contributed by atoms with E-state index in [2.05, 4.69) is 25.8 Å². The number of nitrogens with zero attached hydrogens (tertiary/aromatic N) is 3. The maximum absolute atomic E-state index is 13.4. The molecule has 2 amide bonds. The highest BCUT2D eigenvalue weighted by Crippen LogP contribution is 2.21. The summed E-state index contributed by atoms with van der Waals surface area (Å²) in [5.74, 6) is -2.91. The molecule has 0 saturated carbocycles. The van der Waals surface area contributed by atoms with Crippen LogP contribution in [0.5, 0.6) is 0 Å². The second kappa shape index (κ2) is 8.15. The van der Waals surface area contributed by atoms with Crippen molar-refractivity contribution in [2.24, 2.45) is 7.05 Å². The number of carbonyl (C=O) groups is 2. The largest absolute Gasteiger partial charge is 0.343 e. The van der Waals surface area contributed by atoms with Gasteiger partial charge in [0.1, 0.15) is 11.6 Å². The van der Waals surface area contributed by atoms with Crippen LogP contribution >= 0.6 is 11.6 Å². The van der Waals surface area contributed by atoms with Crippen LogP contribution in [0.2, 0.25) is 5.02 Å². The molecule has 0 radical (unpaired) electrons. The van der Waals surface area contributed by atoms with Gasteiger partial charge in [-0.3, -0.25) is 14.7 Å². The molecule has 0 atom stereocenters. The molecule has 4 rings (SSSR count). The third kappa shape index (κ3) is 4.10. The number of hydrogen-bond donors (Lipinski definition) is 3. The van der Waals surface area contributed by atoms with Gasteiger partial charge in [-0.05, 0) is 24.3 Å². The molecule has 0 spiro atoms. The van der Waals surface area contributed by atoms with Crippen LogP contribution in [-0.2, 0) is 13.6 Å². The van der Waals surface area contributed by atoms with Crippen molar-refractivity contribution in [2.45, 2.75) is 6.54 Å². The fourth-order valence-corrected chi connectivity index (χ4v) is 3.23. The number of aromatic amines is 1. The lowest BCUT2D eigenvalue weighted by atomic mass is 10.2. The van der Waals surface area contributed by atoms with Gasteiger partial charge in [0.2, 0.25) is 0 Å². The predicted molar refractivity (Wildman–Crippen MR) is 110 cm³/mol. The summed E-state index contributed by atoms with van der Waals surface area (Å²) in [6.45, 7) is 0.170. The predicted octanol–water partition coefficient (Wildman–Crippen LogP) is 3.41. The summed E-state index contributed by atoms with van der Waals surface area (Å²) in [5.41, 5.74) is 1.51. The van der Waals surface area contributed by atoms with E-state index >= 15 is 0 Å². The molecular formula is C20H15ClF2N6O2. The molecule has 0 fully saturated rings. The molecular weight excluding hydrogens is 430 g/mol. The third-order valence-corrected chi connectivity index (χ3v) is 4.91. The van der Waals surface area contributed by atoms with E-state index < -0.39 is 23.4 Å².